The molecular formula is C18H29N3O2. The molecule has 0 aromatic carbocycles. The maximum atomic E-state index is 12.7. The van der Waals surface area contributed by atoms with Crippen LogP contribution in [-0.2, 0) is 9.59 Å². The predicted molar refractivity (Wildman–Crippen MR) is 89.9 cm³/mol. The maximum Gasteiger partial charge on any atom is 0.228 e. The van der Waals surface area contributed by atoms with Crippen molar-refractivity contribution in [3.63, 3.8) is 0 Å². The summed E-state index contributed by atoms with van der Waals surface area (Å²) in [6.07, 6.45) is 5.94. The van der Waals surface area contributed by atoms with E-state index in [1.807, 2.05) is 9.80 Å². The van der Waals surface area contributed by atoms with E-state index in [4.69, 9.17) is 0 Å². The van der Waals surface area contributed by atoms with Crippen LogP contribution in [0, 0.1) is 5.92 Å². The van der Waals surface area contributed by atoms with E-state index in [1.165, 1.54) is 18.4 Å². The monoisotopic (exact) mass is 319 g/mol. The summed E-state index contributed by atoms with van der Waals surface area (Å²) in [6.45, 7) is 9.40. The Bertz CT molecular complexity index is 502. The first kappa shape index (κ1) is 16.5. The Morgan fingerprint density at radius 1 is 1.35 bits per heavy atom. The Labute approximate surface area is 139 Å². The van der Waals surface area contributed by atoms with Crippen molar-refractivity contribution in [1.82, 2.24) is 14.7 Å². The number of likely N-dealkylation sites (N-methyl/N-ethyl adjacent to an activating group) is 1. The van der Waals surface area contributed by atoms with Crippen LogP contribution < -0.4 is 0 Å². The van der Waals surface area contributed by atoms with Gasteiger partial charge in [0.15, 0.2) is 0 Å². The van der Waals surface area contributed by atoms with E-state index in [2.05, 4.69) is 24.8 Å². The Morgan fingerprint density at radius 2 is 2.17 bits per heavy atom. The number of hydrogen-bond acceptors (Lipinski definition) is 3. The molecule has 0 aromatic rings. The summed E-state index contributed by atoms with van der Waals surface area (Å²) >= 11 is 0. The van der Waals surface area contributed by atoms with Crippen LogP contribution in [0.1, 0.15) is 39.5 Å². The highest BCUT2D eigenvalue weighted by Gasteiger charge is 2.38. The van der Waals surface area contributed by atoms with Gasteiger partial charge in [-0.15, -0.1) is 0 Å². The first-order valence-corrected chi connectivity index (χ1v) is 9.04. The number of rotatable bonds is 4. The summed E-state index contributed by atoms with van der Waals surface area (Å²) in [4.78, 5) is 31.4. The quantitative estimate of drug-likeness (QED) is 0.738. The number of amides is 2. The van der Waals surface area contributed by atoms with Crippen LogP contribution in [-0.4, -0.2) is 71.8 Å². The summed E-state index contributed by atoms with van der Waals surface area (Å²) in [5.41, 5.74) is 1.26. The summed E-state index contributed by atoms with van der Waals surface area (Å²) < 4.78 is 0. The van der Waals surface area contributed by atoms with Crippen molar-refractivity contribution < 1.29 is 9.59 Å². The van der Waals surface area contributed by atoms with E-state index in [0.29, 0.717) is 19.0 Å². The highest BCUT2D eigenvalue weighted by atomic mass is 16.2. The van der Waals surface area contributed by atoms with Crippen LogP contribution in [0.4, 0.5) is 0 Å². The molecule has 0 aliphatic carbocycles. The molecule has 3 aliphatic rings. The highest BCUT2D eigenvalue weighted by molar-refractivity contribution is 5.89. The van der Waals surface area contributed by atoms with Crippen molar-refractivity contribution in [2.75, 3.05) is 39.3 Å². The number of carbonyl (C=O) groups excluding carboxylic acids is 2. The summed E-state index contributed by atoms with van der Waals surface area (Å²) in [5, 5.41) is 0. The van der Waals surface area contributed by atoms with E-state index >= 15 is 0 Å². The largest absolute Gasteiger partial charge is 0.340 e. The zero-order valence-electron chi connectivity index (χ0n) is 14.5. The fourth-order valence-electron chi connectivity index (χ4n) is 4.24. The third-order valence-electron chi connectivity index (χ3n) is 5.54. The van der Waals surface area contributed by atoms with Crippen LogP contribution in [0.3, 0.4) is 0 Å². The van der Waals surface area contributed by atoms with E-state index in [9.17, 15) is 9.59 Å². The van der Waals surface area contributed by atoms with Gasteiger partial charge in [0.2, 0.25) is 11.8 Å². The Kier molecular flexibility index (Phi) is 5.05. The van der Waals surface area contributed by atoms with Gasteiger partial charge in [0.05, 0.1) is 5.92 Å². The number of carbonyl (C=O) groups is 2. The molecule has 2 atom stereocenters. The second kappa shape index (κ2) is 7.04. The topological polar surface area (TPSA) is 43.9 Å². The molecule has 0 radical (unpaired) electrons. The minimum atomic E-state index is -0.134. The van der Waals surface area contributed by atoms with Crippen molar-refractivity contribution in [2.45, 2.75) is 45.6 Å². The molecule has 2 fully saturated rings. The van der Waals surface area contributed by atoms with Gasteiger partial charge in [0, 0.05) is 38.6 Å². The third-order valence-corrected chi connectivity index (χ3v) is 5.54. The molecule has 0 bridgehead atoms. The molecule has 2 saturated heterocycles. The SMILES string of the molecule is CCN1CCCC1CN1CC(C(=O)N2CCC=C(C)C2)CC1=O. The fourth-order valence-corrected chi connectivity index (χ4v) is 4.24. The molecule has 5 heteroatoms. The molecule has 0 saturated carbocycles. The number of likely N-dealkylation sites (tertiary alicyclic amines) is 2. The van der Waals surface area contributed by atoms with Gasteiger partial charge < -0.3 is 9.80 Å². The summed E-state index contributed by atoms with van der Waals surface area (Å²) in [5.74, 6) is 0.201. The fraction of sp³-hybridized carbons (Fsp3) is 0.778. The predicted octanol–water partition coefficient (Wildman–Crippen LogP) is 1.50. The molecule has 0 spiro atoms. The Hall–Kier alpha value is -1.36. The van der Waals surface area contributed by atoms with E-state index in [0.717, 1.165) is 39.1 Å². The molecule has 128 valence electrons. The molecule has 5 nitrogen and oxygen atoms in total. The van der Waals surface area contributed by atoms with Crippen LogP contribution in [0.25, 0.3) is 0 Å². The molecule has 0 N–H and O–H groups in total. The molecule has 3 rings (SSSR count). The lowest BCUT2D eigenvalue weighted by molar-refractivity contribution is -0.135. The van der Waals surface area contributed by atoms with E-state index in [1.54, 1.807) is 0 Å². The van der Waals surface area contributed by atoms with Crippen LogP contribution in [0.2, 0.25) is 0 Å². The normalized spacial score (nSPS) is 29.3. The van der Waals surface area contributed by atoms with Crippen LogP contribution in [0.5, 0.6) is 0 Å². The van der Waals surface area contributed by atoms with E-state index < -0.39 is 0 Å². The van der Waals surface area contributed by atoms with Gasteiger partial charge in [-0.2, -0.15) is 0 Å². The number of nitrogens with zero attached hydrogens (tertiary/aromatic N) is 3. The van der Waals surface area contributed by atoms with Crippen molar-refractivity contribution in [1.29, 1.82) is 0 Å². The summed E-state index contributed by atoms with van der Waals surface area (Å²) in [6, 6.07) is 0.484. The maximum absolute atomic E-state index is 12.7. The van der Waals surface area contributed by atoms with Gasteiger partial charge in [-0.3, -0.25) is 14.5 Å². The van der Waals surface area contributed by atoms with Gasteiger partial charge in [0.1, 0.15) is 0 Å². The van der Waals surface area contributed by atoms with Gasteiger partial charge in [-0.05, 0) is 39.3 Å². The molecule has 2 unspecified atom stereocenters. The molecule has 23 heavy (non-hydrogen) atoms. The van der Waals surface area contributed by atoms with Crippen LogP contribution >= 0.6 is 0 Å². The lowest BCUT2D eigenvalue weighted by Crippen LogP contribution is -2.42. The third kappa shape index (κ3) is 3.60. The summed E-state index contributed by atoms with van der Waals surface area (Å²) in [7, 11) is 0. The van der Waals surface area contributed by atoms with Gasteiger partial charge in [0.25, 0.3) is 0 Å². The first-order valence-electron chi connectivity index (χ1n) is 9.04. The molecule has 2 amide bonds. The van der Waals surface area contributed by atoms with Gasteiger partial charge in [-0.25, -0.2) is 0 Å². The van der Waals surface area contributed by atoms with Gasteiger partial charge >= 0.3 is 0 Å². The van der Waals surface area contributed by atoms with Crippen molar-refractivity contribution in [2.24, 2.45) is 5.92 Å². The Balaban J connectivity index is 1.56. The average molecular weight is 319 g/mol. The van der Waals surface area contributed by atoms with Crippen molar-refractivity contribution >= 4 is 11.8 Å². The zero-order chi connectivity index (χ0) is 16.4. The Morgan fingerprint density at radius 3 is 2.91 bits per heavy atom. The zero-order valence-corrected chi connectivity index (χ0v) is 14.5. The first-order chi connectivity index (χ1) is 11.1. The molecule has 3 heterocycles. The average Bonchev–Trinajstić information content (AvgIpc) is 3.14. The van der Waals surface area contributed by atoms with Crippen LogP contribution in [0.15, 0.2) is 11.6 Å². The smallest absolute Gasteiger partial charge is 0.228 e. The standard InChI is InChI=1S/C18H29N3O2/c1-3-19-8-5-7-16(19)13-21-12-15(10-17(21)22)18(23)20-9-4-6-14(2)11-20/h6,15-16H,3-5,7-13H2,1-2H3. The lowest BCUT2D eigenvalue weighted by Gasteiger charge is -2.29. The van der Waals surface area contributed by atoms with Crippen molar-refractivity contribution in [3.05, 3.63) is 11.6 Å². The lowest BCUT2D eigenvalue weighted by atomic mass is 10.0. The minimum Gasteiger partial charge on any atom is -0.340 e. The second-order valence-corrected chi connectivity index (χ2v) is 7.22. The molecular weight excluding hydrogens is 290 g/mol. The molecule has 0 aromatic heterocycles. The van der Waals surface area contributed by atoms with E-state index in [-0.39, 0.29) is 17.7 Å². The number of hydrogen-bond donors (Lipinski definition) is 0. The van der Waals surface area contributed by atoms with Crippen molar-refractivity contribution in [3.8, 4) is 0 Å². The van der Waals surface area contributed by atoms with Gasteiger partial charge in [-0.1, -0.05) is 18.6 Å². The highest BCUT2D eigenvalue weighted by Crippen LogP contribution is 2.25. The molecule has 3 aliphatic heterocycles. The second-order valence-electron chi connectivity index (χ2n) is 7.22. The minimum absolute atomic E-state index is 0.134.